The van der Waals surface area contributed by atoms with Crippen molar-refractivity contribution in [3.8, 4) is 0 Å². The van der Waals surface area contributed by atoms with Crippen molar-refractivity contribution >= 4 is 11.8 Å². The first-order chi connectivity index (χ1) is 14.4. The van der Waals surface area contributed by atoms with Gasteiger partial charge >= 0.3 is 5.97 Å². The molecule has 2 saturated carbocycles. The molecule has 0 aromatic rings. The number of Topliss-reactive ketones (excluding diaryl/α,β-unsaturated/α-hetero) is 1. The molecule has 0 aromatic carbocycles. The van der Waals surface area contributed by atoms with Gasteiger partial charge in [-0.05, 0) is 73.8 Å². The predicted molar refractivity (Wildman–Crippen MR) is 116 cm³/mol. The predicted octanol–water partition coefficient (Wildman–Crippen LogP) is 4.82. The van der Waals surface area contributed by atoms with Crippen molar-refractivity contribution in [2.75, 3.05) is 20.2 Å². The van der Waals surface area contributed by atoms with E-state index in [1.54, 1.807) is 6.08 Å². The van der Waals surface area contributed by atoms with Crippen molar-refractivity contribution in [2.24, 2.45) is 28.6 Å². The molecule has 162 valence electrons. The molecule has 1 saturated heterocycles. The van der Waals surface area contributed by atoms with E-state index in [9.17, 15) is 9.59 Å². The molecule has 0 unspecified atom stereocenters. The number of methoxy groups -OCH3 is 1. The summed E-state index contributed by atoms with van der Waals surface area (Å²) in [5.74, 6) is 1.14. The van der Waals surface area contributed by atoms with Crippen LogP contribution < -0.4 is 0 Å². The summed E-state index contributed by atoms with van der Waals surface area (Å²) in [6.45, 7) is 6.96. The Morgan fingerprint density at radius 3 is 2.70 bits per heavy atom. The second-order valence-corrected chi connectivity index (χ2v) is 10.7. The summed E-state index contributed by atoms with van der Waals surface area (Å²) in [5.41, 5.74) is 3.83. The minimum atomic E-state index is -0.286. The Morgan fingerprint density at radius 1 is 1.20 bits per heavy atom. The molecule has 0 N–H and O–H groups in total. The van der Waals surface area contributed by atoms with E-state index in [1.165, 1.54) is 44.3 Å². The van der Waals surface area contributed by atoms with E-state index >= 15 is 0 Å². The van der Waals surface area contributed by atoms with Crippen LogP contribution in [0.2, 0.25) is 0 Å². The van der Waals surface area contributed by atoms with Gasteiger partial charge in [0.1, 0.15) is 5.78 Å². The lowest BCUT2D eigenvalue weighted by Crippen LogP contribution is -2.53. The standard InChI is InChI=1S/C26H35NO3/c1-25-11-10-19(27-12-4-5-13-27)14-17(25)6-8-20-21-9-7-18(15-23(29)30-3)26(21,2)16-22(28)24(20)25/h6,14-15,20-21,24H,4-5,7-13,16H2,1-3H3/b18-15+/t20-,21-,24+,25-,26-/m1/s1. The topological polar surface area (TPSA) is 46.6 Å². The quantitative estimate of drug-likeness (QED) is 0.485. The minimum absolute atomic E-state index is 0.0284. The van der Waals surface area contributed by atoms with E-state index in [2.05, 4.69) is 30.9 Å². The number of nitrogens with zero attached hydrogens (tertiary/aromatic N) is 1. The molecule has 0 radical (unpaired) electrons. The molecule has 0 amide bonds. The highest BCUT2D eigenvalue weighted by atomic mass is 16.5. The van der Waals surface area contributed by atoms with E-state index in [0.717, 1.165) is 37.7 Å². The smallest absolute Gasteiger partial charge is 0.330 e. The zero-order valence-corrected chi connectivity index (χ0v) is 18.7. The number of fused-ring (bicyclic) bond motifs is 5. The van der Waals surface area contributed by atoms with Gasteiger partial charge in [-0.3, -0.25) is 4.79 Å². The number of allylic oxidation sites excluding steroid dienone is 5. The summed E-state index contributed by atoms with van der Waals surface area (Å²) in [6.07, 6.45) is 14.9. The van der Waals surface area contributed by atoms with Crippen LogP contribution in [0.3, 0.4) is 0 Å². The molecule has 5 atom stereocenters. The number of hydrogen-bond acceptors (Lipinski definition) is 4. The Balaban J connectivity index is 1.48. The van der Waals surface area contributed by atoms with Crippen molar-refractivity contribution in [2.45, 2.75) is 65.2 Å². The normalized spacial score (nSPS) is 41.7. The van der Waals surface area contributed by atoms with Gasteiger partial charge in [0.15, 0.2) is 0 Å². The van der Waals surface area contributed by atoms with E-state index in [0.29, 0.717) is 24.0 Å². The number of carbonyl (C=O) groups excluding carboxylic acids is 2. The van der Waals surface area contributed by atoms with Gasteiger partial charge in [-0.1, -0.05) is 25.5 Å². The summed E-state index contributed by atoms with van der Waals surface area (Å²) in [5, 5.41) is 0. The molecular weight excluding hydrogens is 374 g/mol. The van der Waals surface area contributed by atoms with Crippen LogP contribution in [0.5, 0.6) is 0 Å². The zero-order chi connectivity index (χ0) is 21.1. The lowest BCUT2D eigenvalue weighted by atomic mass is 9.48. The maximum Gasteiger partial charge on any atom is 0.330 e. The Morgan fingerprint density at radius 2 is 1.97 bits per heavy atom. The van der Waals surface area contributed by atoms with Crippen molar-refractivity contribution in [3.63, 3.8) is 0 Å². The lowest BCUT2D eigenvalue weighted by Gasteiger charge is -2.55. The number of ether oxygens (including phenoxy) is 1. The van der Waals surface area contributed by atoms with Gasteiger partial charge in [0.05, 0.1) is 7.11 Å². The lowest BCUT2D eigenvalue weighted by molar-refractivity contribution is -0.140. The summed E-state index contributed by atoms with van der Waals surface area (Å²) < 4.78 is 4.89. The van der Waals surface area contributed by atoms with E-state index in [4.69, 9.17) is 4.74 Å². The largest absolute Gasteiger partial charge is 0.466 e. The van der Waals surface area contributed by atoms with Crippen LogP contribution in [-0.4, -0.2) is 36.9 Å². The first kappa shape index (κ1) is 20.1. The molecule has 3 fully saturated rings. The third kappa shape index (κ3) is 2.85. The summed E-state index contributed by atoms with van der Waals surface area (Å²) >= 11 is 0. The average molecular weight is 410 g/mol. The molecule has 4 nitrogen and oxygen atoms in total. The van der Waals surface area contributed by atoms with Crippen LogP contribution in [-0.2, 0) is 14.3 Å². The molecule has 4 heteroatoms. The van der Waals surface area contributed by atoms with Crippen LogP contribution in [0.1, 0.15) is 65.2 Å². The van der Waals surface area contributed by atoms with Gasteiger partial charge in [-0.2, -0.15) is 0 Å². The molecule has 5 rings (SSSR count). The number of likely N-dealkylation sites (tertiary alicyclic amines) is 1. The zero-order valence-electron chi connectivity index (χ0n) is 18.7. The van der Waals surface area contributed by atoms with Crippen LogP contribution in [0.25, 0.3) is 0 Å². The monoisotopic (exact) mass is 409 g/mol. The fourth-order valence-electron chi connectivity index (χ4n) is 7.69. The van der Waals surface area contributed by atoms with Gasteiger partial charge in [0, 0.05) is 42.6 Å². The summed E-state index contributed by atoms with van der Waals surface area (Å²) in [6, 6.07) is 0. The van der Waals surface area contributed by atoms with Crippen LogP contribution in [0.4, 0.5) is 0 Å². The summed E-state index contributed by atoms with van der Waals surface area (Å²) in [4.78, 5) is 28.2. The van der Waals surface area contributed by atoms with Gasteiger partial charge < -0.3 is 9.64 Å². The van der Waals surface area contributed by atoms with E-state index in [-0.39, 0.29) is 22.7 Å². The SMILES string of the molecule is COC(=O)/C=C1\CC[C@@H]2[C@H]3CC=C4C=C(N5CCCC5)CC[C@@]4(C)[C@@H]3C(=O)C[C@]12C. The van der Waals surface area contributed by atoms with Crippen LogP contribution in [0, 0.1) is 28.6 Å². The highest BCUT2D eigenvalue weighted by molar-refractivity contribution is 5.87. The number of rotatable bonds is 2. The highest BCUT2D eigenvalue weighted by Gasteiger charge is 2.60. The van der Waals surface area contributed by atoms with Crippen molar-refractivity contribution in [1.29, 1.82) is 0 Å². The van der Waals surface area contributed by atoms with Crippen molar-refractivity contribution in [1.82, 2.24) is 4.90 Å². The second-order valence-electron chi connectivity index (χ2n) is 10.7. The molecular formula is C26H35NO3. The van der Waals surface area contributed by atoms with Crippen LogP contribution in [0.15, 0.2) is 35.1 Å². The fourth-order valence-corrected chi connectivity index (χ4v) is 7.69. The molecule has 0 spiro atoms. The Bertz CT molecular complexity index is 862. The molecule has 0 bridgehead atoms. The molecule has 1 aliphatic heterocycles. The van der Waals surface area contributed by atoms with E-state index < -0.39 is 0 Å². The number of carbonyl (C=O) groups is 2. The Labute approximate surface area is 180 Å². The van der Waals surface area contributed by atoms with Crippen LogP contribution >= 0.6 is 0 Å². The van der Waals surface area contributed by atoms with E-state index in [1.807, 2.05) is 0 Å². The molecule has 4 aliphatic carbocycles. The van der Waals surface area contributed by atoms with Gasteiger partial charge in [-0.15, -0.1) is 0 Å². The molecule has 5 aliphatic rings. The molecule has 1 heterocycles. The maximum absolute atomic E-state index is 13.7. The summed E-state index contributed by atoms with van der Waals surface area (Å²) in [7, 11) is 1.43. The number of ketones is 1. The first-order valence-electron chi connectivity index (χ1n) is 11.8. The minimum Gasteiger partial charge on any atom is -0.466 e. The second kappa shape index (κ2) is 7.10. The number of esters is 1. The third-order valence-electron chi connectivity index (χ3n) is 9.29. The van der Waals surface area contributed by atoms with Crippen molar-refractivity contribution < 1.29 is 14.3 Å². The maximum atomic E-state index is 13.7. The Hall–Kier alpha value is -1.84. The number of hydrogen-bond donors (Lipinski definition) is 0. The van der Waals surface area contributed by atoms with Crippen molar-refractivity contribution in [3.05, 3.63) is 35.1 Å². The Kier molecular flexibility index (Phi) is 4.75. The third-order valence-corrected chi connectivity index (χ3v) is 9.29. The highest BCUT2D eigenvalue weighted by Crippen LogP contribution is 2.64. The molecule has 30 heavy (non-hydrogen) atoms. The molecule has 0 aromatic heterocycles. The first-order valence-corrected chi connectivity index (χ1v) is 11.8. The van der Waals surface area contributed by atoms with Gasteiger partial charge in [0.2, 0.25) is 0 Å². The van der Waals surface area contributed by atoms with Gasteiger partial charge in [0.25, 0.3) is 0 Å². The average Bonchev–Trinajstić information content (AvgIpc) is 3.35. The van der Waals surface area contributed by atoms with Gasteiger partial charge in [-0.25, -0.2) is 4.79 Å². The fraction of sp³-hybridized carbons (Fsp3) is 0.692.